The van der Waals surface area contributed by atoms with E-state index in [1.54, 1.807) is 13.0 Å². The van der Waals surface area contributed by atoms with Crippen LogP contribution in [0, 0.1) is 0 Å². The van der Waals surface area contributed by atoms with E-state index in [-0.39, 0.29) is 11.8 Å². The van der Waals surface area contributed by atoms with E-state index in [1.807, 2.05) is 24.3 Å². The van der Waals surface area contributed by atoms with Crippen molar-refractivity contribution in [3.8, 4) is 0 Å². The Morgan fingerprint density at radius 1 is 1.22 bits per heavy atom. The zero-order valence-corrected chi connectivity index (χ0v) is 17.0. The van der Waals surface area contributed by atoms with Crippen LogP contribution < -0.4 is 15.5 Å². The quantitative estimate of drug-likeness (QED) is 0.688. The number of nitrogens with zero attached hydrogens (tertiary/aromatic N) is 1. The second-order valence-electron chi connectivity index (χ2n) is 6.59. The van der Waals surface area contributed by atoms with Crippen molar-refractivity contribution in [3.63, 3.8) is 0 Å². The predicted octanol–water partition coefficient (Wildman–Crippen LogP) is 4.12. The summed E-state index contributed by atoms with van der Waals surface area (Å²) in [7, 11) is 0. The fraction of sp³-hybridized carbons (Fsp3) is 0.211. The molecule has 8 heteroatoms. The fourth-order valence-electron chi connectivity index (χ4n) is 3.03. The summed E-state index contributed by atoms with van der Waals surface area (Å²) in [6.45, 7) is 3.05. The first-order valence-electron chi connectivity index (χ1n) is 8.17. The maximum absolute atomic E-state index is 13.1. The lowest BCUT2D eigenvalue weighted by atomic mass is 9.93. The van der Waals surface area contributed by atoms with E-state index in [9.17, 15) is 14.4 Å². The van der Waals surface area contributed by atoms with Crippen molar-refractivity contribution in [2.24, 2.45) is 0 Å². The summed E-state index contributed by atoms with van der Waals surface area (Å²) < 4.78 is 0.934. The van der Waals surface area contributed by atoms with E-state index in [2.05, 4.69) is 26.6 Å². The summed E-state index contributed by atoms with van der Waals surface area (Å²) in [6, 6.07) is 11.6. The summed E-state index contributed by atoms with van der Waals surface area (Å²) >= 11 is 9.47. The third-order valence-electron chi connectivity index (χ3n) is 4.19. The Labute approximate surface area is 170 Å². The van der Waals surface area contributed by atoms with Crippen molar-refractivity contribution < 1.29 is 14.4 Å². The molecule has 1 aliphatic rings. The van der Waals surface area contributed by atoms with Gasteiger partial charge in [0.2, 0.25) is 5.91 Å². The van der Waals surface area contributed by atoms with Gasteiger partial charge in [-0.2, -0.15) is 0 Å². The number of rotatable bonds is 4. The maximum atomic E-state index is 13.1. The van der Waals surface area contributed by atoms with Crippen LogP contribution in [0.15, 0.2) is 46.9 Å². The summed E-state index contributed by atoms with van der Waals surface area (Å²) in [6.07, 6.45) is 0.348. The molecule has 2 aromatic carbocycles. The van der Waals surface area contributed by atoms with E-state index in [0.717, 1.165) is 14.9 Å². The second kappa shape index (κ2) is 7.32. The van der Waals surface area contributed by atoms with Gasteiger partial charge < -0.3 is 10.6 Å². The lowest BCUT2D eigenvalue weighted by molar-refractivity contribution is -0.121. The highest BCUT2D eigenvalue weighted by Gasteiger charge is 2.48. The number of hydrogen-bond acceptors (Lipinski definition) is 3. The molecule has 0 aliphatic carbocycles. The van der Waals surface area contributed by atoms with Gasteiger partial charge >= 0.3 is 6.03 Å². The van der Waals surface area contributed by atoms with Crippen LogP contribution in [0.25, 0.3) is 0 Å². The predicted molar refractivity (Wildman–Crippen MR) is 108 cm³/mol. The van der Waals surface area contributed by atoms with Gasteiger partial charge in [-0.1, -0.05) is 39.7 Å². The highest BCUT2D eigenvalue weighted by molar-refractivity contribution is 9.10. The number of nitrogens with one attached hydrogen (secondary N) is 2. The highest BCUT2D eigenvalue weighted by atomic mass is 79.9. The van der Waals surface area contributed by atoms with E-state index in [1.165, 1.54) is 19.1 Å². The molecule has 1 atom stereocenters. The van der Waals surface area contributed by atoms with Crippen LogP contribution >= 0.6 is 27.5 Å². The van der Waals surface area contributed by atoms with Gasteiger partial charge in [0, 0.05) is 28.5 Å². The molecular formula is C19H17BrClN3O3. The first kappa shape index (κ1) is 19.4. The number of imide groups is 1. The molecule has 4 amide bonds. The Kier molecular flexibility index (Phi) is 5.26. The van der Waals surface area contributed by atoms with E-state index in [4.69, 9.17) is 11.6 Å². The van der Waals surface area contributed by atoms with Crippen LogP contribution in [0.3, 0.4) is 0 Å². The molecule has 27 heavy (non-hydrogen) atoms. The fourth-order valence-corrected chi connectivity index (χ4v) is 3.52. The molecule has 1 saturated heterocycles. The molecule has 1 fully saturated rings. The standard InChI is InChI=1S/C19H17BrClN3O3/c1-11(25)22-15-7-14(21)8-16(9-15)24-17(26)19(2,23-18(24)27)10-12-3-5-13(20)6-4-12/h3-9H,10H2,1-2H3,(H,22,25)(H,23,27)/t19-/m1/s1. The van der Waals surface area contributed by atoms with Crippen LogP contribution in [-0.4, -0.2) is 23.4 Å². The molecule has 0 bridgehead atoms. The molecule has 0 unspecified atom stereocenters. The molecule has 3 rings (SSSR count). The molecule has 2 N–H and O–H groups in total. The minimum Gasteiger partial charge on any atom is -0.326 e. The third-order valence-corrected chi connectivity index (χ3v) is 4.94. The Hall–Kier alpha value is -2.38. The summed E-state index contributed by atoms with van der Waals surface area (Å²) in [5.74, 6) is -0.660. The van der Waals surface area contributed by atoms with Crippen molar-refractivity contribution >= 4 is 56.8 Å². The van der Waals surface area contributed by atoms with Crippen LogP contribution in [-0.2, 0) is 16.0 Å². The smallest absolute Gasteiger partial charge is 0.326 e. The molecule has 0 aromatic heterocycles. The van der Waals surface area contributed by atoms with Gasteiger partial charge in [-0.05, 0) is 42.8 Å². The Bertz CT molecular complexity index is 932. The second-order valence-corrected chi connectivity index (χ2v) is 7.94. The summed E-state index contributed by atoms with van der Waals surface area (Å²) in [5.41, 5.74) is 0.545. The number of hydrogen-bond donors (Lipinski definition) is 2. The SMILES string of the molecule is CC(=O)Nc1cc(Cl)cc(N2C(=O)N[C@](C)(Cc3ccc(Br)cc3)C2=O)c1. The third kappa shape index (κ3) is 4.14. The Balaban J connectivity index is 1.90. The normalized spacial score (nSPS) is 19.2. The molecule has 2 aromatic rings. The van der Waals surface area contributed by atoms with E-state index < -0.39 is 11.6 Å². The lowest BCUT2D eigenvalue weighted by Gasteiger charge is -2.22. The Morgan fingerprint density at radius 3 is 2.52 bits per heavy atom. The largest absolute Gasteiger partial charge is 0.329 e. The van der Waals surface area contributed by atoms with Gasteiger partial charge in [0.1, 0.15) is 5.54 Å². The number of benzene rings is 2. The van der Waals surface area contributed by atoms with Gasteiger partial charge in [-0.15, -0.1) is 0 Å². The van der Waals surface area contributed by atoms with Gasteiger partial charge in [-0.3, -0.25) is 9.59 Å². The summed E-state index contributed by atoms with van der Waals surface area (Å²) in [4.78, 5) is 38.0. The topological polar surface area (TPSA) is 78.5 Å². The van der Waals surface area contributed by atoms with Gasteiger partial charge in [0.25, 0.3) is 5.91 Å². The average Bonchev–Trinajstić information content (AvgIpc) is 2.77. The van der Waals surface area contributed by atoms with Crippen molar-refractivity contribution in [3.05, 3.63) is 57.5 Å². The maximum Gasteiger partial charge on any atom is 0.329 e. The molecule has 0 radical (unpaired) electrons. The Morgan fingerprint density at radius 2 is 1.89 bits per heavy atom. The van der Waals surface area contributed by atoms with Gasteiger partial charge in [0.05, 0.1) is 5.69 Å². The molecule has 0 saturated carbocycles. The first-order chi connectivity index (χ1) is 12.7. The van der Waals surface area contributed by atoms with E-state index >= 15 is 0 Å². The number of carbonyl (C=O) groups excluding carboxylic acids is 3. The van der Waals surface area contributed by atoms with Gasteiger partial charge in [0.15, 0.2) is 0 Å². The van der Waals surface area contributed by atoms with Crippen LogP contribution in [0.1, 0.15) is 19.4 Å². The molecule has 0 spiro atoms. The van der Waals surface area contributed by atoms with Crippen LogP contribution in [0.2, 0.25) is 5.02 Å². The average molecular weight is 451 g/mol. The molecule has 140 valence electrons. The highest BCUT2D eigenvalue weighted by Crippen LogP contribution is 2.31. The molecule has 6 nitrogen and oxygen atoms in total. The first-order valence-corrected chi connectivity index (χ1v) is 9.34. The van der Waals surface area contributed by atoms with Crippen LogP contribution in [0.4, 0.5) is 16.2 Å². The summed E-state index contributed by atoms with van der Waals surface area (Å²) in [5, 5.41) is 5.68. The van der Waals surface area contributed by atoms with Gasteiger partial charge in [-0.25, -0.2) is 9.69 Å². The number of urea groups is 1. The number of carbonyl (C=O) groups is 3. The van der Waals surface area contributed by atoms with Crippen molar-refractivity contribution in [2.45, 2.75) is 25.8 Å². The lowest BCUT2D eigenvalue weighted by Crippen LogP contribution is -2.46. The number of anilines is 2. The molecular weight excluding hydrogens is 434 g/mol. The van der Waals surface area contributed by atoms with E-state index in [0.29, 0.717) is 22.8 Å². The monoisotopic (exact) mass is 449 g/mol. The zero-order valence-electron chi connectivity index (χ0n) is 14.7. The van der Waals surface area contributed by atoms with Crippen molar-refractivity contribution in [1.82, 2.24) is 5.32 Å². The van der Waals surface area contributed by atoms with Crippen molar-refractivity contribution in [1.29, 1.82) is 0 Å². The zero-order chi connectivity index (χ0) is 19.8. The molecule has 1 heterocycles. The minimum atomic E-state index is -1.08. The number of halogens is 2. The minimum absolute atomic E-state index is 0.277. The van der Waals surface area contributed by atoms with Crippen LogP contribution in [0.5, 0.6) is 0 Å². The number of amides is 4. The van der Waals surface area contributed by atoms with Crippen molar-refractivity contribution in [2.75, 3.05) is 10.2 Å². The molecule has 1 aliphatic heterocycles.